The highest BCUT2D eigenvalue weighted by molar-refractivity contribution is 7.09. The number of methoxy groups -OCH3 is 1. The molecule has 0 amide bonds. The van der Waals surface area contributed by atoms with E-state index in [0.717, 1.165) is 0 Å². The lowest BCUT2D eigenvalue weighted by Gasteiger charge is -2.05. The first-order chi connectivity index (χ1) is 5.29. The molecule has 0 saturated heterocycles. The third kappa shape index (κ3) is 1.75. The largest absolute Gasteiger partial charge is 0.390 e. The van der Waals surface area contributed by atoms with Gasteiger partial charge in [0.15, 0.2) is 6.29 Å². The Morgan fingerprint density at radius 3 is 3.09 bits per heavy atom. The van der Waals surface area contributed by atoms with E-state index in [1.807, 2.05) is 0 Å². The summed E-state index contributed by atoms with van der Waals surface area (Å²) in [4.78, 5) is 4.40. The molecule has 11 heavy (non-hydrogen) atoms. The molecule has 2 N–H and O–H groups in total. The van der Waals surface area contributed by atoms with Gasteiger partial charge in [0.2, 0.25) is 0 Å². The number of aliphatic hydroxyl groups is 2. The average Bonchev–Trinajstić information content (AvgIpc) is 2.50. The molecular formula is C6H9NO3S. The van der Waals surface area contributed by atoms with Crippen molar-refractivity contribution in [2.45, 2.75) is 12.9 Å². The molecule has 0 spiro atoms. The van der Waals surface area contributed by atoms with Crippen molar-refractivity contribution in [3.8, 4) is 0 Å². The van der Waals surface area contributed by atoms with Crippen molar-refractivity contribution in [2.75, 3.05) is 7.11 Å². The van der Waals surface area contributed by atoms with Crippen LogP contribution in [0.15, 0.2) is 5.51 Å². The number of hydrogen-bond acceptors (Lipinski definition) is 5. The molecule has 0 saturated carbocycles. The van der Waals surface area contributed by atoms with E-state index in [-0.39, 0.29) is 6.61 Å². The topological polar surface area (TPSA) is 62.6 Å². The Balaban J connectivity index is 2.83. The Labute approximate surface area is 68.1 Å². The van der Waals surface area contributed by atoms with Crippen LogP contribution in [-0.2, 0) is 11.3 Å². The summed E-state index contributed by atoms with van der Waals surface area (Å²) in [6.07, 6.45) is -0.968. The number of aliphatic hydroxyl groups excluding tert-OH is 2. The van der Waals surface area contributed by atoms with Crippen LogP contribution in [0, 0.1) is 0 Å². The minimum Gasteiger partial charge on any atom is -0.390 e. The van der Waals surface area contributed by atoms with Gasteiger partial charge in [0.05, 0.1) is 22.7 Å². The highest BCUT2D eigenvalue weighted by Gasteiger charge is 2.13. The van der Waals surface area contributed by atoms with Crippen LogP contribution < -0.4 is 0 Å². The van der Waals surface area contributed by atoms with E-state index in [0.29, 0.717) is 10.6 Å². The number of ether oxygens (including phenoxy) is 1. The number of thiazole rings is 1. The Bertz CT molecular complexity index is 225. The van der Waals surface area contributed by atoms with Crippen molar-refractivity contribution < 1.29 is 14.9 Å². The van der Waals surface area contributed by atoms with Gasteiger partial charge in [-0.1, -0.05) is 0 Å². The fourth-order valence-corrected chi connectivity index (χ4v) is 1.46. The van der Waals surface area contributed by atoms with Crippen molar-refractivity contribution >= 4 is 11.3 Å². The molecule has 0 aliphatic rings. The predicted molar refractivity (Wildman–Crippen MR) is 40.0 cm³/mol. The molecule has 1 aromatic heterocycles. The summed E-state index contributed by atoms with van der Waals surface area (Å²) in [5.74, 6) is 0. The van der Waals surface area contributed by atoms with E-state index in [9.17, 15) is 0 Å². The predicted octanol–water partition coefficient (Wildman–Crippen LogP) is 0.273. The van der Waals surface area contributed by atoms with Gasteiger partial charge in [0.1, 0.15) is 0 Å². The molecule has 0 fully saturated rings. The lowest BCUT2D eigenvalue weighted by atomic mass is 10.4. The van der Waals surface area contributed by atoms with Crippen molar-refractivity contribution in [3.05, 3.63) is 16.1 Å². The van der Waals surface area contributed by atoms with Gasteiger partial charge in [-0.2, -0.15) is 0 Å². The Morgan fingerprint density at radius 1 is 1.82 bits per heavy atom. The quantitative estimate of drug-likeness (QED) is 0.647. The summed E-state index contributed by atoms with van der Waals surface area (Å²) in [6, 6.07) is 0. The van der Waals surface area contributed by atoms with Crippen LogP contribution in [0.25, 0.3) is 0 Å². The zero-order valence-corrected chi connectivity index (χ0v) is 6.84. The van der Waals surface area contributed by atoms with Crippen molar-refractivity contribution in [3.63, 3.8) is 0 Å². The van der Waals surface area contributed by atoms with E-state index < -0.39 is 6.29 Å². The van der Waals surface area contributed by atoms with E-state index in [2.05, 4.69) is 9.72 Å². The lowest BCUT2D eigenvalue weighted by molar-refractivity contribution is -0.0754. The van der Waals surface area contributed by atoms with Crippen LogP contribution in [-0.4, -0.2) is 22.3 Å². The first-order valence-electron chi connectivity index (χ1n) is 3.03. The molecule has 1 rings (SSSR count). The minimum atomic E-state index is -0.968. The third-order valence-electron chi connectivity index (χ3n) is 1.27. The molecule has 0 radical (unpaired) electrons. The zero-order chi connectivity index (χ0) is 8.27. The van der Waals surface area contributed by atoms with Crippen LogP contribution in [0.4, 0.5) is 0 Å². The number of aromatic nitrogens is 1. The molecule has 1 unspecified atom stereocenters. The van der Waals surface area contributed by atoms with E-state index in [4.69, 9.17) is 10.2 Å². The summed E-state index contributed by atoms with van der Waals surface area (Å²) >= 11 is 1.26. The SMILES string of the molecule is COC(O)c1scnc1CO. The van der Waals surface area contributed by atoms with E-state index in [1.54, 1.807) is 5.51 Å². The van der Waals surface area contributed by atoms with Gasteiger partial charge < -0.3 is 14.9 Å². The second kappa shape index (κ2) is 3.77. The molecule has 5 heteroatoms. The van der Waals surface area contributed by atoms with Gasteiger partial charge in [-0.05, 0) is 0 Å². The Morgan fingerprint density at radius 2 is 2.55 bits per heavy atom. The summed E-state index contributed by atoms with van der Waals surface area (Å²) in [7, 11) is 1.39. The van der Waals surface area contributed by atoms with Gasteiger partial charge in [0.25, 0.3) is 0 Å². The van der Waals surface area contributed by atoms with E-state index >= 15 is 0 Å². The number of hydrogen-bond donors (Lipinski definition) is 2. The number of nitrogens with zero attached hydrogens (tertiary/aromatic N) is 1. The molecule has 0 aromatic carbocycles. The average molecular weight is 175 g/mol. The Hall–Kier alpha value is -0.490. The van der Waals surface area contributed by atoms with Crippen LogP contribution in [0.5, 0.6) is 0 Å². The van der Waals surface area contributed by atoms with Gasteiger partial charge in [-0.15, -0.1) is 11.3 Å². The second-order valence-corrected chi connectivity index (χ2v) is 2.80. The maximum atomic E-state index is 9.17. The Kier molecular flexibility index (Phi) is 2.95. The minimum absolute atomic E-state index is 0.167. The second-order valence-electron chi connectivity index (χ2n) is 1.91. The van der Waals surface area contributed by atoms with Gasteiger partial charge in [-0.3, -0.25) is 0 Å². The van der Waals surface area contributed by atoms with Crippen molar-refractivity contribution in [2.24, 2.45) is 0 Å². The van der Waals surface area contributed by atoms with Crippen LogP contribution in [0.3, 0.4) is 0 Å². The van der Waals surface area contributed by atoms with Crippen LogP contribution >= 0.6 is 11.3 Å². The molecule has 1 aromatic rings. The summed E-state index contributed by atoms with van der Waals surface area (Å²) in [5, 5.41) is 17.9. The van der Waals surface area contributed by atoms with Gasteiger partial charge in [-0.25, -0.2) is 4.98 Å². The van der Waals surface area contributed by atoms with Crippen LogP contribution in [0.2, 0.25) is 0 Å². The third-order valence-corrected chi connectivity index (χ3v) is 2.17. The fraction of sp³-hybridized carbons (Fsp3) is 0.500. The summed E-state index contributed by atoms with van der Waals surface area (Å²) < 4.78 is 4.65. The molecule has 0 bridgehead atoms. The highest BCUT2D eigenvalue weighted by Crippen LogP contribution is 2.22. The maximum absolute atomic E-state index is 9.17. The molecule has 0 aliphatic carbocycles. The highest BCUT2D eigenvalue weighted by atomic mass is 32.1. The normalized spacial score (nSPS) is 13.4. The molecule has 62 valence electrons. The lowest BCUT2D eigenvalue weighted by Crippen LogP contribution is -2.00. The molecule has 0 aliphatic heterocycles. The first-order valence-corrected chi connectivity index (χ1v) is 3.91. The standard InChI is InChI=1S/C6H9NO3S/c1-10-6(9)5-4(2-8)7-3-11-5/h3,6,8-9H,2H2,1H3. The molecule has 1 heterocycles. The smallest absolute Gasteiger partial charge is 0.192 e. The first kappa shape index (κ1) is 8.61. The van der Waals surface area contributed by atoms with Crippen molar-refractivity contribution in [1.82, 2.24) is 4.98 Å². The van der Waals surface area contributed by atoms with Crippen molar-refractivity contribution in [1.29, 1.82) is 0 Å². The molecular weight excluding hydrogens is 166 g/mol. The maximum Gasteiger partial charge on any atom is 0.192 e. The summed E-state index contributed by atoms with van der Waals surface area (Å²) in [6.45, 7) is -0.167. The molecule has 1 atom stereocenters. The zero-order valence-electron chi connectivity index (χ0n) is 6.02. The van der Waals surface area contributed by atoms with Crippen LogP contribution in [0.1, 0.15) is 16.9 Å². The molecule has 4 nitrogen and oxygen atoms in total. The van der Waals surface area contributed by atoms with Gasteiger partial charge in [0, 0.05) is 7.11 Å². The fourth-order valence-electron chi connectivity index (χ4n) is 0.705. The monoisotopic (exact) mass is 175 g/mol. The number of rotatable bonds is 3. The van der Waals surface area contributed by atoms with Gasteiger partial charge >= 0.3 is 0 Å². The van der Waals surface area contributed by atoms with E-state index in [1.165, 1.54) is 18.4 Å². The summed E-state index contributed by atoms with van der Waals surface area (Å²) in [5.41, 5.74) is 2.03.